The van der Waals surface area contributed by atoms with Crippen LogP contribution in [0.5, 0.6) is 5.75 Å². The van der Waals surface area contributed by atoms with Gasteiger partial charge < -0.3 is 14.8 Å². The Labute approximate surface area is 149 Å². The second-order valence-corrected chi connectivity index (χ2v) is 5.95. The molecule has 6 heteroatoms. The molecule has 5 nitrogen and oxygen atoms in total. The van der Waals surface area contributed by atoms with E-state index in [0.717, 1.165) is 4.47 Å². The van der Waals surface area contributed by atoms with Crippen LogP contribution in [0.25, 0.3) is 0 Å². The molecule has 0 fully saturated rings. The largest absolute Gasteiger partial charge is 0.490 e. The van der Waals surface area contributed by atoms with Crippen molar-refractivity contribution in [3.63, 3.8) is 0 Å². The van der Waals surface area contributed by atoms with Gasteiger partial charge in [0.15, 0.2) is 0 Å². The molecule has 126 valence electrons. The molecule has 0 heterocycles. The quantitative estimate of drug-likeness (QED) is 0.581. The minimum Gasteiger partial charge on any atom is -0.490 e. The van der Waals surface area contributed by atoms with Gasteiger partial charge in [0.25, 0.3) is 5.91 Å². The lowest BCUT2D eigenvalue weighted by atomic mass is 10.2. The van der Waals surface area contributed by atoms with E-state index < -0.39 is 12.0 Å². The third-order valence-corrected chi connectivity index (χ3v) is 3.68. The van der Waals surface area contributed by atoms with Gasteiger partial charge in [-0.3, -0.25) is 4.79 Å². The second kappa shape index (κ2) is 9.08. The van der Waals surface area contributed by atoms with Crippen LogP contribution in [0.15, 0.2) is 59.1 Å². The number of amides is 1. The molecule has 0 radical (unpaired) electrons. The summed E-state index contributed by atoms with van der Waals surface area (Å²) in [5.74, 6) is -0.121. The first-order chi connectivity index (χ1) is 11.6. The lowest BCUT2D eigenvalue weighted by molar-refractivity contribution is -0.146. The highest BCUT2D eigenvalue weighted by molar-refractivity contribution is 9.10. The van der Waals surface area contributed by atoms with Crippen molar-refractivity contribution in [2.24, 2.45) is 0 Å². The zero-order valence-electron chi connectivity index (χ0n) is 13.2. The van der Waals surface area contributed by atoms with E-state index in [9.17, 15) is 9.59 Å². The van der Waals surface area contributed by atoms with E-state index in [1.165, 1.54) is 0 Å². The minimum atomic E-state index is -0.731. The van der Waals surface area contributed by atoms with Crippen LogP contribution in [0.4, 0.5) is 0 Å². The third-order valence-electron chi connectivity index (χ3n) is 3.15. The molecule has 0 aliphatic rings. The van der Waals surface area contributed by atoms with E-state index >= 15 is 0 Å². The van der Waals surface area contributed by atoms with Gasteiger partial charge in [0.05, 0.1) is 0 Å². The topological polar surface area (TPSA) is 64.6 Å². The summed E-state index contributed by atoms with van der Waals surface area (Å²) in [6.07, 6.45) is 0. The number of carbonyl (C=O) groups is 2. The van der Waals surface area contributed by atoms with Crippen molar-refractivity contribution in [1.29, 1.82) is 0 Å². The van der Waals surface area contributed by atoms with E-state index in [-0.39, 0.29) is 19.1 Å². The van der Waals surface area contributed by atoms with E-state index in [0.29, 0.717) is 11.3 Å². The Morgan fingerprint density at radius 1 is 1.04 bits per heavy atom. The number of ether oxygens (including phenoxy) is 2. The molecule has 0 aromatic heterocycles. The number of hydrogen-bond donors (Lipinski definition) is 1. The third kappa shape index (κ3) is 5.70. The fourth-order valence-electron chi connectivity index (χ4n) is 1.89. The number of benzene rings is 2. The second-order valence-electron chi connectivity index (χ2n) is 5.03. The molecule has 0 aliphatic heterocycles. The molecule has 0 bridgehead atoms. The van der Waals surface area contributed by atoms with Crippen LogP contribution in [0, 0.1) is 0 Å². The first kappa shape index (κ1) is 18.0. The average molecular weight is 392 g/mol. The molecule has 0 saturated heterocycles. The van der Waals surface area contributed by atoms with Crippen molar-refractivity contribution >= 4 is 27.8 Å². The molecule has 2 aromatic carbocycles. The van der Waals surface area contributed by atoms with Crippen molar-refractivity contribution in [2.75, 3.05) is 13.2 Å². The van der Waals surface area contributed by atoms with Gasteiger partial charge in [0.1, 0.15) is 25.0 Å². The Balaban J connectivity index is 1.70. The summed E-state index contributed by atoms with van der Waals surface area (Å²) in [5, 5.41) is 2.60. The Morgan fingerprint density at radius 3 is 2.38 bits per heavy atom. The van der Waals surface area contributed by atoms with Gasteiger partial charge in [-0.15, -0.1) is 0 Å². The smallest absolute Gasteiger partial charge is 0.328 e. The van der Waals surface area contributed by atoms with E-state index in [2.05, 4.69) is 21.2 Å². The first-order valence-corrected chi connectivity index (χ1v) is 8.26. The molecule has 0 aliphatic carbocycles. The summed E-state index contributed by atoms with van der Waals surface area (Å²) in [7, 11) is 0. The van der Waals surface area contributed by atoms with Crippen LogP contribution in [0.1, 0.15) is 17.3 Å². The summed E-state index contributed by atoms with van der Waals surface area (Å²) in [4.78, 5) is 23.8. The summed E-state index contributed by atoms with van der Waals surface area (Å²) in [5.41, 5.74) is 0.496. The Kier molecular flexibility index (Phi) is 6.81. The standard InChI is InChI=1S/C18H18BrNO4/c1-13(20-17(21)14-5-3-2-4-6-14)18(22)24-12-11-23-16-9-7-15(19)8-10-16/h2-10,13H,11-12H2,1H3,(H,20,21)/t13-/m0/s1. The van der Waals surface area contributed by atoms with E-state index in [1.54, 1.807) is 31.2 Å². The Morgan fingerprint density at radius 2 is 1.71 bits per heavy atom. The molecule has 2 rings (SSSR count). The molecule has 24 heavy (non-hydrogen) atoms. The molecular weight excluding hydrogens is 374 g/mol. The fraction of sp³-hybridized carbons (Fsp3) is 0.222. The number of carbonyl (C=O) groups excluding carboxylic acids is 2. The number of esters is 1. The number of halogens is 1. The number of nitrogens with one attached hydrogen (secondary N) is 1. The normalized spacial score (nSPS) is 11.4. The lowest BCUT2D eigenvalue weighted by Crippen LogP contribution is -2.39. The Hall–Kier alpha value is -2.34. The zero-order chi connectivity index (χ0) is 17.4. The van der Waals surface area contributed by atoms with Crippen LogP contribution >= 0.6 is 15.9 Å². The highest BCUT2D eigenvalue weighted by atomic mass is 79.9. The predicted molar refractivity (Wildman–Crippen MR) is 94.0 cm³/mol. The molecule has 0 saturated carbocycles. The molecular formula is C18H18BrNO4. The molecule has 1 atom stereocenters. The highest BCUT2D eigenvalue weighted by Gasteiger charge is 2.17. The van der Waals surface area contributed by atoms with Crippen molar-refractivity contribution in [3.8, 4) is 5.75 Å². The van der Waals surface area contributed by atoms with Crippen LogP contribution in [0.2, 0.25) is 0 Å². The van der Waals surface area contributed by atoms with E-state index in [1.807, 2.05) is 30.3 Å². The van der Waals surface area contributed by atoms with Gasteiger partial charge in [-0.25, -0.2) is 4.79 Å². The summed E-state index contributed by atoms with van der Waals surface area (Å²) >= 11 is 3.34. The SMILES string of the molecule is C[C@H](NC(=O)c1ccccc1)C(=O)OCCOc1ccc(Br)cc1. The van der Waals surface area contributed by atoms with Crippen LogP contribution < -0.4 is 10.1 Å². The summed E-state index contributed by atoms with van der Waals surface area (Å²) in [6.45, 7) is 1.94. The van der Waals surface area contributed by atoms with Gasteiger partial charge in [0.2, 0.25) is 0 Å². The highest BCUT2D eigenvalue weighted by Crippen LogP contribution is 2.15. The maximum absolute atomic E-state index is 12.0. The van der Waals surface area contributed by atoms with Gasteiger partial charge in [0, 0.05) is 10.0 Å². The van der Waals surface area contributed by atoms with Gasteiger partial charge >= 0.3 is 5.97 Å². The molecule has 1 amide bonds. The summed E-state index contributed by atoms with van der Waals surface area (Å²) in [6, 6.07) is 15.3. The first-order valence-electron chi connectivity index (χ1n) is 7.47. The van der Waals surface area contributed by atoms with Gasteiger partial charge in [-0.05, 0) is 43.3 Å². The minimum absolute atomic E-state index is 0.112. The monoisotopic (exact) mass is 391 g/mol. The molecule has 0 spiro atoms. The maximum Gasteiger partial charge on any atom is 0.328 e. The number of hydrogen-bond acceptors (Lipinski definition) is 4. The number of rotatable bonds is 7. The Bertz CT molecular complexity index is 673. The lowest BCUT2D eigenvalue weighted by Gasteiger charge is -2.13. The maximum atomic E-state index is 12.0. The summed E-state index contributed by atoms with van der Waals surface area (Å²) < 4.78 is 11.5. The van der Waals surface area contributed by atoms with E-state index in [4.69, 9.17) is 9.47 Å². The molecule has 2 aromatic rings. The van der Waals surface area contributed by atoms with Crippen molar-refractivity contribution < 1.29 is 19.1 Å². The van der Waals surface area contributed by atoms with Gasteiger partial charge in [-0.2, -0.15) is 0 Å². The molecule has 0 unspecified atom stereocenters. The van der Waals surface area contributed by atoms with Crippen LogP contribution in [-0.4, -0.2) is 31.1 Å². The van der Waals surface area contributed by atoms with Crippen LogP contribution in [0.3, 0.4) is 0 Å². The predicted octanol–water partition coefficient (Wildman–Crippen LogP) is 3.19. The fourth-order valence-corrected chi connectivity index (χ4v) is 2.15. The van der Waals surface area contributed by atoms with Crippen LogP contribution in [-0.2, 0) is 9.53 Å². The van der Waals surface area contributed by atoms with Crippen molar-refractivity contribution in [1.82, 2.24) is 5.32 Å². The molecule has 1 N–H and O–H groups in total. The zero-order valence-corrected chi connectivity index (χ0v) is 14.8. The van der Waals surface area contributed by atoms with Gasteiger partial charge in [-0.1, -0.05) is 34.1 Å². The average Bonchev–Trinajstić information content (AvgIpc) is 2.60. The van der Waals surface area contributed by atoms with Crippen molar-refractivity contribution in [3.05, 3.63) is 64.6 Å². The van der Waals surface area contributed by atoms with Crippen molar-refractivity contribution in [2.45, 2.75) is 13.0 Å².